The van der Waals surface area contributed by atoms with Gasteiger partial charge < -0.3 is 9.30 Å². The molecular formula is C21H23N3O2S. The normalized spacial score (nSPS) is 13.9. The third-order valence-corrected chi connectivity index (χ3v) is 5.97. The van der Waals surface area contributed by atoms with Crippen LogP contribution >= 0.6 is 11.3 Å². The van der Waals surface area contributed by atoms with Gasteiger partial charge in [0.2, 0.25) is 0 Å². The molecule has 0 amide bonds. The molecule has 1 aliphatic heterocycles. The molecule has 0 bridgehead atoms. The summed E-state index contributed by atoms with van der Waals surface area (Å²) in [5.41, 5.74) is 3.44. The predicted molar refractivity (Wildman–Crippen MR) is 106 cm³/mol. The highest BCUT2D eigenvalue weighted by Gasteiger charge is 2.25. The Morgan fingerprint density at radius 3 is 2.70 bits per heavy atom. The number of esters is 1. The number of ether oxygens (including phenoxy) is 1. The monoisotopic (exact) mass is 381 g/mol. The molecule has 0 aliphatic carbocycles. The van der Waals surface area contributed by atoms with E-state index in [2.05, 4.69) is 9.55 Å². The quantitative estimate of drug-likeness (QED) is 0.614. The van der Waals surface area contributed by atoms with Crippen LogP contribution in [0.3, 0.4) is 0 Å². The molecule has 0 radical (unpaired) electrons. The lowest BCUT2D eigenvalue weighted by molar-refractivity contribution is 0.0468. The zero-order chi connectivity index (χ0) is 18.8. The van der Waals surface area contributed by atoms with Crippen LogP contribution in [-0.2, 0) is 24.3 Å². The maximum Gasteiger partial charge on any atom is 0.359 e. The molecule has 27 heavy (non-hydrogen) atoms. The highest BCUT2D eigenvalue weighted by molar-refractivity contribution is 7.11. The molecule has 140 valence electrons. The van der Waals surface area contributed by atoms with Crippen LogP contribution in [0.15, 0.2) is 30.3 Å². The molecule has 0 fully saturated rings. The number of rotatable bonds is 4. The molecule has 0 N–H and O–H groups in total. The minimum absolute atomic E-state index is 0.253. The fourth-order valence-electron chi connectivity index (χ4n) is 3.60. The maximum atomic E-state index is 12.9. The van der Waals surface area contributed by atoms with Gasteiger partial charge in [0.05, 0.1) is 21.3 Å². The van der Waals surface area contributed by atoms with Gasteiger partial charge >= 0.3 is 5.97 Å². The molecule has 5 nitrogen and oxygen atoms in total. The van der Waals surface area contributed by atoms with Gasteiger partial charge in [-0.3, -0.25) is 0 Å². The van der Waals surface area contributed by atoms with Crippen molar-refractivity contribution in [2.45, 2.75) is 52.7 Å². The maximum absolute atomic E-state index is 12.9. The lowest BCUT2D eigenvalue weighted by Crippen LogP contribution is -2.10. The topological polar surface area (TPSA) is 57.0 Å². The summed E-state index contributed by atoms with van der Waals surface area (Å²) in [5, 5.41) is 0.987. The van der Waals surface area contributed by atoms with E-state index < -0.39 is 0 Å². The number of nitrogens with zero attached hydrogens (tertiary/aromatic N) is 3. The van der Waals surface area contributed by atoms with Crippen molar-refractivity contribution in [3.8, 4) is 11.4 Å². The Morgan fingerprint density at radius 1 is 1.15 bits per heavy atom. The minimum atomic E-state index is -0.340. The Bertz CT molecular complexity index is 959. The Hall–Kier alpha value is -2.47. The Kier molecular flexibility index (Phi) is 5.07. The van der Waals surface area contributed by atoms with E-state index in [0.29, 0.717) is 5.69 Å². The average molecular weight is 382 g/mol. The highest BCUT2D eigenvalue weighted by atomic mass is 32.1. The molecule has 0 unspecified atom stereocenters. The third-order valence-electron chi connectivity index (χ3n) is 4.93. The van der Waals surface area contributed by atoms with Crippen molar-refractivity contribution in [3.63, 3.8) is 0 Å². The smallest absolute Gasteiger partial charge is 0.359 e. The van der Waals surface area contributed by atoms with Gasteiger partial charge in [-0.25, -0.2) is 14.8 Å². The van der Waals surface area contributed by atoms with Gasteiger partial charge in [-0.1, -0.05) is 36.8 Å². The summed E-state index contributed by atoms with van der Waals surface area (Å²) in [6.07, 6.45) is 4.22. The van der Waals surface area contributed by atoms with Crippen LogP contribution in [0.5, 0.6) is 0 Å². The second-order valence-electron chi connectivity index (χ2n) is 6.88. The molecule has 2 aromatic heterocycles. The second kappa shape index (κ2) is 7.64. The number of imidazole rings is 1. The van der Waals surface area contributed by atoms with E-state index in [-0.39, 0.29) is 12.6 Å². The summed E-state index contributed by atoms with van der Waals surface area (Å²) < 4.78 is 7.83. The molecule has 1 aromatic carbocycles. The van der Waals surface area contributed by atoms with Gasteiger partial charge in [0, 0.05) is 12.1 Å². The van der Waals surface area contributed by atoms with Crippen molar-refractivity contribution in [1.82, 2.24) is 14.5 Å². The summed E-state index contributed by atoms with van der Waals surface area (Å²) in [4.78, 5) is 23.0. The molecular weight excluding hydrogens is 358 g/mol. The molecule has 3 heterocycles. The highest BCUT2D eigenvalue weighted by Crippen LogP contribution is 2.28. The first kappa shape index (κ1) is 17.9. The van der Waals surface area contributed by atoms with E-state index in [1.165, 1.54) is 6.42 Å². The molecule has 0 spiro atoms. The number of hydrogen-bond donors (Lipinski definition) is 0. The van der Waals surface area contributed by atoms with E-state index >= 15 is 0 Å². The third kappa shape index (κ3) is 3.67. The zero-order valence-corrected chi connectivity index (χ0v) is 16.5. The minimum Gasteiger partial charge on any atom is -0.455 e. The van der Waals surface area contributed by atoms with E-state index in [1.54, 1.807) is 11.3 Å². The van der Waals surface area contributed by atoms with E-state index in [4.69, 9.17) is 9.72 Å². The number of benzene rings is 1. The van der Waals surface area contributed by atoms with Crippen LogP contribution in [0.25, 0.3) is 11.4 Å². The van der Waals surface area contributed by atoms with Gasteiger partial charge in [0.1, 0.15) is 12.4 Å². The fraction of sp³-hybridized carbons (Fsp3) is 0.381. The molecule has 3 aromatic rings. The zero-order valence-electron chi connectivity index (χ0n) is 15.7. The van der Waals surface area contributed by atoms with Crippen LogP contribution in [0.4, 0.5) is 0 Å². The number of hydrogen-bond acceptors (Lipinski definition) is 5. The number of fused-ring (bicyclic) bond motifs is 1. The summed E-state index contributed by atoms with van der Waals surface area (Å²) in [6.45, 7) is 5.06. The van der Waals surface area contributed by atoms with Crippen LogP contribution in [-0.4, -0.2) is 20.5 Å². The van der Waals surface area contributed by atoms with Gasteiger partial charge in [0.15, 0.2) is 5.69 Å². The van der Waals surface area contributed by atoms with Crippen molar-refractivity contribution in [3.05, 3.63) is 57.3 Å². The first-order chi connectivity index (χ1) is 13.1. The second-order valence-corrected chi connectivity index (χ2v) is 8.16. The summed E-state index contributed by atoms with van der Waals surface area (Å²) >= 11 is 1.57. The standard InChI is InChI=1S/C21H23N3O2S/c1-14-18(27-15(2)22-14)13-26-21(25)19-17-11-7-4-8-12-24(17)20(23-19)16-9-5-3-6-10-16/h3,5-6,9-10H,4,7-8,11-13H2,1-2H3. The number of carbonyl (C=O) groups is 1. The Morgan fingerprint density at radius 2 is 1.96 bits per heavy atom. The number of carbonyl (C=O) groups excluding carboxylic acids is 1. The van der Waals surface area contributed by atoms with Crippen LogP contribution < -0.4 is 0 Å². The number of thiazole rings is 1. The summed E-state index contributed by atoms with van der Waals surface area (Å²) in [5.74, 6) is 0.526. The largest absolute Gasteiger partial charge is 0.455 e. The fourth-order valence-corrected chi connectivity index (χ4v) is 4.45. The van der Waals surface area contributed by atoms with E-state index in [9.17, 15) is 4.79 Å². The van der Waals surface area contributed by atoms with Gasteiger partial charge in [0.25, 0.3) is 0 Å². The molecule has 6 heteroatoms. The SMILES string of the molecule is Cc1nc(C)c(COC(=O)c2nc(-c3ccccc3)n3c2CCCCC3)s1. The van der Waals surface area contributed by atoms with Crippen molar-refractivity contribution >= 4 is 17.3 Å². The summed E-state index contributed by atoms with van der Waals surface area (Å²) in [7, 11) is 0. The molecule has 0 saturated carbocycles. The van der Waals surface area contributed by atoms with Crippen molar-refractivity contribution in [2.24, 2.45) is 0 Å². The Labute approximate surface area is 163 Å². The van der Waals surface area contributed by atoms with Crippen LogP contribution in [0.1, 0.15) is 51.0 Å². The average Bonchev–Trinajstić information content (AvgIpc) is 3.09. The first-order valence-corrected chi connectivity index (χ1v) is 10.2. The lowest BCUT2D eigenvalue weighted by Gasteiger charge is -2.08. The van der Waals surface area contributed by atoms with Crippen molar-refractivity contribution in [2.75, 3.05) is 0 Å². The Balaban J connectivity index is 1.64. The van der Waals surface area contributed by atoms with Crippen molar-refractivity contribution < 1.29 is 9.53 Å². The first-order valence-electron chi connectivity index (χ1n) is 9.38. The van der Waals surface area contributed by atoms with E-state index in [1.807, 2.05) is 44.2 Å². The number of aryl methyl sites for hydroxylation is 2. The van der Waals surface area contributed by atoms with Crippen LogP contribution in [0.2, 0.25) is 0 Å². The molecule has 1 aliphatic rings. The number of aromatic nitrogens is 3. The van der Waals surface area contributed by atoms with E-state index in [0.717, 1.165) is 58.5 Å². The molecule has 0 atom stereocenters. The van der Waals surface area contributed by atoms with Crippen molar-refractivity contribution in [1.29, 1.82) is 0 Å². The summed E-state index contributed by atoms with van der Waals surface area (Å²) in [6, 6.07) is 10.1. The molecule has 0 saturated heterocycles. The van der Waals surface area contributed by atoms with Gasteiger partial charge in [-0.05, 0) is 33.1 Å². The molecule has 4 rings (SSSR count). The predicted octanol–water partition coefficient (Wildman–Crippen LogP) is 4.71. The van der Waals surface area contributed by atoms with Gasteiger partial charge in [-0.2, -0.15) is 0 Å². The van der Waals surface area contributed by atoms with Crippen LogP contribution in [0, 0.1) is 13.8 Å². The van der Waals surface area contributed by atoms with Gasteiger partial charge in [-0.15, -0.1) is 11.3 Å². The lowest BCUT2D eigenvalue weighted by atomic mass is 10.1.